The van der Waals surface area contributed by atoms with Crippen molar-refractivity contribution in [2.75, 3.05) is 19.0 Å². The molecular formula is C15H18N2O5. The number of carbonyl (C=O) groups is 3. The van der Waals surface area contributed by atoms with E-state index in [-0.39, 0.29) is 12.5 Å². The summed E-state index contributed by atoms with van der Waals surface area (Å²) in [6.07, 6.45) is 1.47. The normalized spacial score (nSPS) is 15.3. The fourth-order valence-corrected chi connectivity index (χ4v) is 2.17. The molecule has 1 aliphatic carbocycles. The monoisotopic (exact) mass is 306 g/mol. The summed E-state index contributed by atoms with van der Waals surface area (Å²) in [5.41, 5.74) is -0.807. The van der Waals surface area contributed by atoms with Crippen LogP contribution in [0.1, 0.15) is 19.3 Å². The minimum Gasteiger partial charge on any atom is -0.484 e. The van der Waals surface area contributed by atoms with Crippen LogP contribution in [0.25, 0.3) is 0 Å². The Hall–Kier alpha value is -2.57. The minimum absolute atomic E-state index is 0.0929. The first-order valence-corrected chi connectivity index (χ1v) is 6.96. The predicted molar refractivity (Wildman–Crippen MR) is 78.6 cm³/mol. The average Bonchev–Trinajstić information content (AvgIpc) is 2.44. The molecule has 0 unspecified atom stereocenters. The molecule has 0 spiro atoms. The van der Waals surface area contributed by atoms with Crippen molar-refractivity contribution in [3.8, 4) is 5.75 Å². The maximum absolute atomic E-state index is 12.1. The highest BCUT2D eigenvalue weighted by atomic mass is 16.5. The zero-order valence-corrected chi connectivity index (χ0v) is 12.2. The van der Waals surface area contributed by atoms with Crippen molar-refractivity contribution in [3.63, 3.8) is 0 Å². The molecule has 0 aromatic heterocycles. The van der Waals surface area contributed by atoms with E-state index in [4.69, 9.17) is 4.74 Å². The number of likely N-dealkylation sites (N-methyl/N-ethyl adjacent to an activating group) is 1. The van der Waals surface area contributed by atoms with Gasteiger partial charge in [-0.2, -0.15) is 0 Å². The maximum Gasteiger partial charge on any atom is 0.319 e. The molecule has 7 nitrogen and oxygen atoms in total. The number of benzene rings is 1. The molecule has 3 N–H and O–H groups in total. The van der Waals surface area contributed by atoms with Crippen LogP contribution in [-0.2, 0) is 14.4 Å². The van der Waals surface area contributed by atoms with Gasteiger partial charge in [0.15, 0.2) is 6.61 Å². The van der Waals surface area contributed by atoms with Crippen molar-refractivity contribution in [2.24, 2.45) is 5.41 Å². The highest BCUT2D eigenvalue weighted by Gasteiger charge is 2.51. The molecular weight excluding hydrogens is 288 g/mol. The lowest BCUT2D eigenvalue weighted by atomic mass is 9.68. The lowest BCUT2D eigenvalue weighted by molar-refractivity contribution is -0.159. The van der Waals surface area contributed by atoms with Gasteiger partial charge in [0, 0.05) is 12.7 Å². The Balaban J connectivity index is 1.95. The Morgan fingerprint density at radius 1 is 1.23 bits per heavy atom. The zero-order valence-electron chi connectivity index (χ0n) is 12.2. The predicted octanol–water partition coefficient (Wildman–Crippen LogP) is 1.00. The smallest absolute Gasteiger partial charge is 0.319 e. The summed E-state index contributed by atoms with van der Waals surface area (Å²) in [4.78, 5) is 34.4. The second kappa shape index (κ2) is 6.46. The van der Waals surface area contributed by atoms with Gasteiger partial charge in [0.05, 0.1) is 0 Å². The Bertz CT molecular complexity index is 578. The molecule has 0 heterocycles. The van der Waals surface area contributed by atoms with Gasteiger partial charge in [-0.3, -0.25) is 14.4 Å². The van der Waals surface area contributed by atoms with Crippen LogP contribution >= 0.6 is 0 Å². The van der Waals surface area contributed by atoms with Crippen molar-refractivity contribution >= 4 is 23.5 Å². The molecule has 0 saturated heterocycles. The number of hydrogen-bond donors (Lipinski definition) is 3. The lowest BCUT2D eigenvalue weighted by Gasteiger charge is -2.35. The first-order valence-electron chi connectivity index (χ1n) is 6.96. The number of anilines is 1. The quantitative estimate of drug-likeness (QED) is 0.680. The van der Waals surface area contributed by atoms with Gasteiger partial charge in [-0.15, -0.1) is 0 Å². The topological polar surface area (TPSA) is 105 Å². The van der Waals surface area contributed by atoms with Gasteiger partial charge in [-0.05, 0) is 37.1 Å². The Morgan fingerprint density at radius 2 is 1.86 bits per heavy atom. The van der Waals surface area contributed by atoms with Gasteiger partial charge in [0.1, 0.15) is 11.2 Å². The Morgan fingerprint density at radius 3 is 2.32 bits per heavy atom. The van der Waals surface area contributed by atoms with Crippen LogP contribution in [0.15, 0.2) is 24.3 Å². The minimum atomic E-state index is -1.30. The van der Waals surface area contributed by atoms with E-state index >= 15 is 0 Å². The lowest BCUT2D eigenvalue weighted by Crippen LogP contribution is -2.48. The van der Waals surface area contributed by atoms with Crippen LogP contribution in [0.5, 0.6) is 5.75 Å². The van der Waals surface area contributed by atoms with Gasteiger partial charge in [0.2, 0.25) is 5.91 Å². The number of carbonyl (C=O) groups excluding carboxylic acids is 2. The third-order valence-electron chi connectivity index (χ3n) is 3.81. The van der Waals surface area contributed by atoms with Gasteiger partial charge < -0.3 is 20.5 Å². The molecule has 118 valence electrons. The van der Waals surface area contributed by atoms with E-state index in [2.05, 4.69) is 10.6 Å². The van der Waals surface area contributed by atoms with Gasteiger partial charge in [0.25, 0.3) is 5.91 Å². The van der Waals surface area contributed by atoms with Crippen molar-refractivity contribution < 1.29 is 24.2 Å². The number of carboxylic acids is 1. The summed E-state index contributed by atoms with van der Waals surface area (Å²) in [6, 6.07) is 6.41. The van der Waals surface area contributed by atoms with Crippen molar-refractivity contribution in [3.05, 3.63) is 24.3 Å². The zero-order chi connectivity index (χ0) is 16.2. The van der Waals surface area contributed by atoms with E-state index in [9.17, 15) is 19.5 Å². The summed E-state index contributed by atoms with van der Waals surface area (Å²) >= 11 is 0. The molecule has 2 amide bonds. The van der Waals surface area contributed by atoms with Gasteiger partial charge in [-0.25, -0.2) is 0 Å². The van der Waals surface area contributed by atoms with Crippen LogP contribution < -0.4 is 15.4 Å². The standard InChI is InChI=1S/C15H18N2O5/c1-16-12(18)9-22-11-5-3-10(4-6-11)17-13(19)15(14(20)21)7-2-8-15/h3-6H,2,7-9H2,1H3,(H,16,18)(H,17,19)(H,20,21). The van der Waals surface area contributed by atoms with E-state index in [1.165, 1.54) is 7.05 Å². The van der Waals surface area contributed by atoms with E-state index < -0.39 is 17.3 Å². The summed E-state index contributed by atoms with van der Waals surface area (Å²) in [7, 11) is 1.52. The van der Waals surface area contributed by atoms with Crippen molar-refractivity contribution in [1.82, 2.24) is 5.32 Å². The number of ether oxygens (including phenoxy) is 1. The molecule has 1 fully saturated rings. The first kappa shape index (κ1) is 15.8. The first-order chi connectivity index (χ1) is 10.5. The number of amides is 2. The SMILES string of the molecule is CNC(=O)COc1ccc(NC(=O)C2(C(=O)O)CCC2)cc1. The van der Waals surface area contributed by atoms with E-state index in [0.29, 0.717) is 24.3 Å². The molecule has 1 aromatic carbocycles. The second-order valence-corrected chi connectivity index (χ2v) is 5.18. The molecule has 1 saturated carbocycles. The largest absolute Gasteiger partial charge is 0.484 e. The van der Waals surface area contributed by atoms with E-state index in [1.54, 1.807) is 24.3 Å². The van der Waals surface area contributed by atoms with E-state index in [1.807, 2.05) is 0 Å². The second-order valence-electron chi connectivity index (χ2n) is 5.18. The Kier molecular flexibility index (Phi) is 4.65. The fraction of sp³-hybridized carbons (Fsp3) is 0.400. The molecule has 0 radical (unpaired) electrons. The number of hydrogen-bond acceptors (Lipinski definition) is 4. The van der Waals surface area contributed by atoms with E-state index in [0.717, 1.165) is 6.42 Å². The highest BCUT2D eigenvalue weighted by molar-refractivity contribution is 6.09. The number of rotatable bonds is 6. The molecule has 22 heavy (non-hydrogen) atoms. The summed E-state index contributed by atoms with van der Waals surface area (Å²) < 4.78 is 5.24. The Labute approximate surface area is 127 Å². The number of nitrogens with one attached hydrogen (secondary N) is 2. The third-order valence-corrected chi connectivity index (χ3v) is 3.81. The average molecular weight is 306 g/mol. The fourth-order valence-electron chi connectivity index (χ4n) is 2.17. The van der Waals surface area contributed by atoms with Crippen LogP contribution in [0.2, 0.25) is 0 Å². The molecule has 0 aliphatic heterocycles. The summed E-state index contributed by atoms with van der Waals surface area (Å²) in [5, 5.41) is 14.3. The summed E-state index contributed by atoms with van der Waals surface area (Å²) in [6.45, 7) is -0.0929. The third kappa shape index (κ3) is 3.19. The summed E-state index contributed by atoms with van der Waals surface area (Å²) in [5.74, 6) is -1.34. The molecule has 0 atom stereocenters. The molecule has 7 heteroatoms. The molecule has 1 aliphatic rings. The molecule has 0 bridgehead atoms. The number of aliphatic carboxylic acids is 1. The van der Waals surface area contributed by atoms with Crippen LogP contribution in [0.3, 0.4) is 0 Å². The van der Waals surface area contributed by atoms with Gasteiger partial charge >= 0.3 is 5.97 Å². The highest BCUT2D eigenvalue weighted by Crippen LogP contribution is 2.42. The van der Waals surface area contributed by atoms with Crippen molar-refractivity contribution in [1.29, 1.82) is 0 Å². The van der Waals surface area contributed by atoms with Crippen LogP contribution in [0, 0.1) is 5.41 Å². The van der Waals surface area contributed by atoms with Crippen LogP contribution in [0.4, 0.5) is 5.69 Å². The maximum atomic E-state index is 12.1. The van der Waals surface area contributed by atoms with Gasteiger partial charge in [-0.1, -0.05) is 6.42 Å². The number of carboxylic acid groups (broad SMARTS) is 1. The van der Waals surface area contributed by atoms with Crippen molar-refractivity contribution in [2.45, 2.75) is 19.3 Å². The molecule has 1 aromatic rings. The van der Waals surface area contributed by atoms with Crippen LogP contribution in [-0.4, -0.2) is 36.5 Å². The molecule has 2 rings (SSSR count).